The Kier molecular flexibility index (Phi) is 9.24. The zero-order valence-electron chi connectivity index (χ0n) is 15.4. The molecule has 1 aliphatic heterocycles. The van der Waals surface area contributed by atoms with Gasteiger partial charge in [0, 0.05) is 37.2 Å². The monoisotopic (exact) mass is 480 g/mol. The van der Waals surface area contributed by atoms with Crippen molar-refractivity contribution in [1.29, 1.82) is 0 Å². The lowest BCUT2D eigenvalue weighted by molar-refractivity contribution is -0.133. The summed E-state index contributed by atoms with van der Waals surface area (Å²) in [7, 11) is 0. The third-order valence-electron chi connectivity index (χ3n) is 4.09. The molecule has 0 aliphatic carbocycles. The standard InChI is InChI=1S/C18H26F2N4O.HI/c1-4-21-18(22-10-13-9-14(19)5-6-16(13)20)23-15-7-8-24(11-15)17(25)12(2)3;/h5-6,9,12,15H,4,7-8,10-11H2,1-3H3,(H2,21,22,23);1H. The van der Waals surface area contributed by atoms with E-state index in [1.165, 1.54) is 0 Å². The van der Waals surface area contributed by atoms with Crippen molar-refractivity contribution in [1.82, 2.24) is 15.5 Å². The number of amides is 1. The van der Waals surface area contributed by atoms with Gasteiger partial charge in [0.15, 0.2) is 5.96 Å². The topological polar surface area (TPSA) is 56.7 Å². The largest absolute Gasteiger partial charge is 0.357 e. The molecule has 2 N–H and O–H groups in total. The van der Waals surface area contributed by atoms with Crippen LogP contribution in [0.4, 0.5) is 8.78 Å². The normalized spacial score (nSPS) is 17.2. The number of nitrogens with one attached hydrogen (secondary N) is 2. The SMILES string of the molecule is CCNC(=NCc1cc(F)ccc1F)NC1CCN(C(=O)C(C)C)C1.I. The maximum absolute atomic E-state index is 13.7. The highest BCUT2D eigenvalue weighted by molar-refractivity contribution is 14.0. The molecule has 1 amide bonds. The lowest BCUT2D eigenvalue weighted by Gasteiger charge is -2.20. The van der Waals surface area contributed by atoms with E-state index in [9.17, 15) is 13.6 Å². The summed E-state index contributed by atoms with van der Waals surface area (Å²) in [6, 6.07) is 3.44. The van der Waals surface area contributed by atoms with Crippen LogP contribution in [0.5, 0.6) is 0 Å². The summed E-state index contributed by atoms with van der Waals surface area (Å²) in [4.78, 5) is 18.2. The number of likely N-dealkylation sites (tertiary alicyclic amines) is 1. The first-order chi connectivity index (χ1) is 11.9. The number of aliphatic imine (C=N–C) groups is 1. The van der Waals surface area contributed by atoms with Crippen LogP contribution in [0.25, 0.3) is 0 Å². The second kappa shape index (κ2) is 10.6. The highest BCUT2D eigenvalue weighted by Gasteiger charge is 2.27. The number of carbonyl (C=O) groups is 1. The molecule has 8 heteroatoms. The van der Waals surface area contributed by atoms with E-state index >= 15 is 0 Å². The minimum atomic E-state index is -0.483. The van der Waals surface area contributed by atoms with Crippen molar-refractivity contribution in [3.63, 3.8) is 0 Å². The molecule has 1 heterocycles. The summed E-state index contributed by atoms with van der Waals surface area (Å²) in [5, 5.41) is 6.37. The Morgan fingerprint density at radius 3 is 2.77 bits per heavy atom. The Morgan fingerprint density at radius 2 is 2.12 bits per heavy atom. The fourth-order valence-corrected chi connectivity index (χ4v) is 2.79. The van der Waals surface area contributed by atoms with Crippen molar-refractivity contribution in [2.24, 2.45) is 10.9 Å². The van der Waals surface area contributed by atoms with Gasteiger partial charge in [-0.3, -0.25) is 4.79 Å². The van der Waals surface area contributed by atoms with Crippen molar-refractivity contribution >= 4 is 35.8 Å². The van der Waals surface area contributed by atoms with Gasteiger partial charge in [-0.15, -0.1) is 24.0 Å². The van der Waals surface area contributed by atoms with Crippen molar-refractivity contribution < 1.29 is 13.6 Å². The van der Waals surface area contributed by atoms with Crippen molar-refractivity contribution in [3.05, 3.63) is 35.4 Å². The molecule has 0 saturated carbocycles. The predicted molar refractivity (Wildman–Crippen MR) is 110 cm³/mol. The smallest absolute Gasteiger partial charge is 0.225 e. The molecule has 1 aromatic carbocycles. The van der Waals surface area contributed by atoms with Crippen LogP contribution in [0, 0.1) is 17.6 Å². The number of carbonyl (C=O) groups excluding carboxylic acids is 1. The number of nitrogens with zero attached hydrogens (tertiary/aromatic N) is 2. The molecule has 0 aromatic heterocycles. The second-order valence-corrected chi connectivity index (χ2v) is 6.50. The Labute approximate surface area is 170 Å². The molecule has 0 spiro atoms. The summed E-state index contributed by atoms with van der Waals surface area (Å²) >= 11 is 0. The Morgan fingerprint density at radius 1 is 1.38 bits per heavy atom. The summed E-state index contributed by atoms with van der Waals surface area (Å²) in [6.45, 7) is 7.75. The average Bonchev–Trinajstić information content (AvgIpc) is 3.03. The first kappa shape index (κ1) is 22.6. The zero-order valence-corrected chi connectivity index (χ0v) is 17.7. The van der Waals surface area contributed by atoms with E-state index in [4.69, 9.17) is 0 Å². The molecule has 1 atom stereocenters. The van der Waals surface area contributed by atoms with Gasteiger partial charge in [0.1, 0.15) is 11.6 Å². The van der Waals surface area contributed by atoms with Crippen LogP contribution in [-0.4, -0.2) is 42.4 Å². The molecule has 2 rings (SSSR count). The Bertz CT molecular complexity index is 640. The van der Waals surface area contributed by atoms with E-state index in [1.54, 1.807) is 0 Å². The lowest BCUT2D eigenvalue weighted by Crippen LogP contribution is -2.45. The van der Waals surface area contributed by atoms with Gasteiger partial charge >= 0.3 is 0 Å². The number of halogens is 3. The van der Waals surface area contributed by atoms with E-state index in [2.05, 4.69) is 15.6 Å². The van der Waals surface area contributed by atoms with Crippen LogP contribution < -0.4 is 10.6 Å². The minimum Gasteiger partial charge on any atom is -0.357 e. The molecule has 146 valence electrons. The molecular weight excluding hydrogens is 453 g/mol. The van der Waals surface area contributed by atoms with Crippen molar-refractivity contribution in [2.45, 2.75) is 39.8 Å². The fourth-order valence-electron chi connectivity index (χ4n) is 2.79. The Balaban J connectivity index is 0.00000338. The van der Waals surface area contributed by atoms with Crippen molar-refractivity contribution in [2.75, 3.05) is 19.6 Å². The van der Waals surface area contributed by atoms with E-state index in [-0.39, 0.29) is 54.0 Å². The Hall–Kier alpha value is -1.45. The van der Waals surface area contributed by atoms with E-state index in [0.29, 0.717) is 25.6 Å². The zero-order chi connectivity index (χ0) is 18.4. The molecule has 0 bridgehead atoms. The van der Waals surface area contributed by atoms with Crippen LogP contribution in [0.3, 0.4) is 0 Å². The molecular formula is C18H27F2IN4O. The summed E-state index contributed by atoms with van der Waals surface area (Å²) in [5.41, 5.74) is 0.209. The maximum Gasteiger partial charge on any atom is 0.225 e. The molecule has 26 heavy (non-hydrogen) atoms. The second-order valence-electron chi connectivity index (χ2n) is 6.50. The van der Waals surface area contributed by atoms with Gasteiger partial charge < -0.3 is 15.5 Å². The van der Waals surface area contributed by atoms with Gasteiger partial charge in [0.2, 0.25) is 5.91 Å². The average molecular weight is 480 g/mol. The number of rotatable bonds is 5. The fraction of sp³-hybridized carbons (Fsp3) is 0.556. The minimum absolute atomic E-state index is 0. The third kappa shape index (κ3) is 6.37. The number of guanidine groups is 1. The first-order valence-corrected chi connectivity index (χ1v) is 8.68. The van der Waals surface area contributed by atoms with Crippen LogP contribution in [0.15, 0.2) is 23.2 Å². The quantitative estimate of drug-likeness (QED) is 0.387. The highest BCUT2D eigenvalue weighted by Crippen LogP contribution is 2.13. The molecule has 5 nitrogen and oxygen atoms in total. The van der Waals surface area contributed by atoms with Gasteiger partial charge in [0.05, 0.1) is 6.54 Å². The lowest BCUT2D eigenvalue weighted by atomic mass is 10.2. The van der Waals surface area contributed by atoms with E-state index in [0.717, 1.165) is 24.6 Å². The molecule has 0 radical (unpaired) electrons. The molecule has 1 fully saturated rings. The number of benzene rings is 1. The number of hydrogen-bond acceptors (Lipinski definition) is 2. The van der Waals surface area contributed by atoms with Gasteiger partial charge in [-0.2, -0.15) is 0 Å². The molecule has 1 saturated heterocycles. The molecule has 1 aromatic rings. The van der Waals surface area contributed by atoms with Crippen LogP contribution in [-0.2, 0) is 11.3 Å². The molecule has 1 aliphatic rings. The molecule has 1 unspecified atom stereocenters. The van der Waals surface area contributed by atoms with Crippen molar-refractivity contribution in [3.8, 4) is 0 Å². The summed E-state index contributed by atoms with van der Waals surface area (Å²) in [6.07, 6.45) is 0.831. The summed E-state index contributed by atoms with van der Waals surface area (Å²) < 4.78 is 27.0. The van der Waals surface area contributed by atoms with Crippen LogP contribution in [0.2, 0.25) is 0 Å². The maximum atomic E-state index is 13.7. The van der Waals surface area contributed by atoms with Gasteiger partial charge in [0.25, 0.3) is 0 Å². The number of hydrogen-bond donors (Lipinski definition) is 2. The summed E-state index contributed by atoms with van der Waals surface area (Å²) in [5.74, 6) is -0.293. The van der Waals surface area contributed by atoms with E-state index in [1.807, 2.05) is 25.7 Å². The third-order valence-corrected chi connectivity index (χ3v) is 4.09. The van der Waals surface area contributed by atoms with Gasteiger partial charge in [-0.25, -0.2) is 13.8 Å². The first-order valence-electron chi connectivity index (χ1n) is 8.68. The van der Waals surface area contributed by atoms with E-state index < -0.39 is 11.6 Å². The highest BCUT2D eigenvalue weighted by atomic mass is 127. The van der Waals surface area contributed by atoms with Crippen LogP contribution >= 0.6 is 24.0 Å². The van der Waals surface area contributed by atoms with Crippen LogP contribution in [0.1, 0.15) is 32.8 Å². The van der Waals surface area contributed by atoms with Gasteiger partial charge in [-0.05, 0) is 31.5 Å². The predicted octanol–water partition coefficient (Wildman–Crippen LogP) is 2.89. The van der Waals surface area contributed by atoms with Gasteiger partial charge in [-0.1, -0.05) is 13.8 Å².